The van der Waals surface area contributed by atoms with Gasteiger partial charge in [-0.05, 0) is 18.1 Å². The summed E-state index contributed by atoms with van der Waals surface area (Å²) < 4.78 is 10.7. The van der Waals surface area contributed by atoms with Crippen molar-refractivity contribution in [1.29, 1.82) is 0 Å². The first-order valence-electron chi connectivity index (χ1n) is 7.41. The van der Waals surface area contributed by atoms with E-state index in [1.807, 2.05) is 42.5 Å². The standard InChI is InChI=1S/C18H18O4/c1-21-17(20)10-13-8-5-9-15-18(13)14(19)11-16(22-15)12-6-3-2-4-7-12/h2-7,9,13,16H,8,10-11H2,1H3. The average molecular weight is 298 g/mol. The van der Waals surface area contributed by atoms with E-state index in [0.717, 1.165) is 5.56 Å². The molecule has 1 aromatic rings. The van der Waals surface area contributed by atoms with Gasteiger partial charge in [-0.3, -0.25) is 9.59 Å². The summed E-state index contributed by atoms with van der Waals surface area (Å²) in [7, 11) is 1.36. The van der Waals surface area contributed by atoms with Crippen LogP contribution in [0.25, 0.3) is 0 Å². The third-order valence-electron chi connectivity index (χ3n) is 4.12. The van der Waals surface area contributed by atoms with Crippen LogP contribution in [0.1, 0.15) is 30.9 Å². The topological polar surface area (TPSA) is 52.6 Å². The first kappa shape index (κ1) is 14.6. The highest BCUT2D eigenvalue weighted by molar-refractivity contribution is 5.98. The summed E-state index contributed by atoms with van der Waals surface area (Å²) in [5, 5.41) is 0. The number of ketones is 1. The van der Waals surface area contributed by atoms with E-state index >= 15 is 0 Å². The first-order chi connectivity index (χ1) is 10.7. The Hall–Kier alpha value is -2.36. The second-order valence-corrected chi connectivity index (χ2v) is 5.54. The van der Waals surface area contributed by atoms with E-state index in [4.69, 9.17) is 9.47 Å². The number of carbonyl (C=O) groups excluding carboxylic acids is 2. The van der Waals surface area contributed by atoms with Crippen LogP contribution in [-0.2, 0) is 19.1 Å². The number of methoxy groups -OCH3 is 1. The summed E-state index contributed by atoms with van der Waals surface area (Å²) in [6.07, 6.45) is 4.73. The molecule has 0 amide bonds. The summed E-state index contributed by atoms with van der Waals surface area (Å²) in [4.78, 5) is 24.1. The normalized spacial score (nSPS) is 23.8. The van der Waals surface area contributed by atoms with Gasteiger partial charge in [0.05, 0.1) is 20.0 Å². The van der Waals surface area contributed by atoms with Gasteiger partial charge in [0.1, 0.15) is 11.9 Å². The van der Waals surface area contributed by atoms with Gasteiger partial charge < -0.3 is 9.47 Å². The molecule has 0 bridgehead atoms. The zero-order valence-electron chi connectivity index (χ0n) is 12.5. The van der Waals surface area contributed by atoms with E-state index in [0.29, 0.717) is 24.2 Å². The Kier molecular flexibility index (Phi) is 4.09. The minimum Gasteiger partial charge on any atom is -0.485 e. The van der Waals surface area contributed by atoms with Gasteiger partial charge in [-0.1, -0.05) is 36.4 Å². The maximum Gasteiger partial charge on any atom is 0.306 e. The monoisotopic (exact) mass is 298 g/mol. The van der Waals surface area contributed by atoms with E-state index in [9.17, 15) is 9.59 Å². The second kappa shape index (κ2) is 6.18. The van der Waals surface area contributed by atoms with Crippen molar-refractivity contribution < 1.29 is 19.1 Å². The molecule has 1 aromatic carbocycles. The van der Waals surface area contributed by atoms with Crippen LogP contribution in [0.3, 0.4) is 0 Å². The summed E-state index contributed by atoms with van der Waals surface area (Å²) in [5.74, 6) is 0.223. The summed E-state index contributed by atoms with van der Waals surface area (Å²) in [6.45, 7) is 0. The number of hydrogen-bond donors (Lipinski definition) is 0. The van der Waals surface area contributed by atoms with Crippen molar-refractivity contribution >= 4 is 11.8 Å². The molecule has 114 valence electrons. The van der Waals surface area contributed by atoms with Gasteiger partial charge in [0, 0.05) is 11.5 Å². The van der Waals surface area contributed by atoms with Crippen LogP contribution in [0, 0.1) is 5.92 Å². The SMILES string of the molecule is COC(=O)CC1CC=CC2=C1C(=O)CC(c1ccccc1)O2. The van der Waals surface area contributed by atoms with Crippen molar-refractivity contribution in [3.05, 3.63) is 59.4 Å². The van der Waals surface area contributed by atoms with Gasteiger partial charge >= 0.3 is 5.97 Å². The second-order valence-electron chi connectivity index (χ2n) is 5.54. The Morgan fingerprint density at radius 3 is 2.82 bits per heavy atom. The van der Waals surface area contributed by atoms with E-state index in [1.54, 1.807) is 0 Å². The lowest BCUT2D eigenvalue weighted by Gasteiger charge is -2.31. The molecule has 0 saturated heterocycles. The minimum absolute atomic E-state index is 0.0633. The molecule has 0 saturated carbocycles. The fourth-order valence-corrected chi connectivity index (χ4v) is 3.01. The summed E-state index contributed by atoms with van der Waals surface area (Å²) in [5.41, 5.74) is 1.63. The Morgan fingerprint density at radius 2 is 2.09 bits per heavy atom. The van der Waals surface area contributed by atoms with Crippen LogP contribution in [0.2, 0.25) is 0 Å². The lowest BCUT2D eigenvalue weighted by atomic mass is 9.82. The maximum atomic E-state index is 12.6. The lowest BCUT2D eigenvalue weighted by molar-refractivity contribution is -0.141. The third kappa shape index (κ3) is 2.82. The van der Waals surface area contributed by atoms with Crippen molar-refractivity contribution in [3.8, 4) is 0 Å². The number of hydrogen-bond acceptors (Lipinski definition) is 4. The zero-order chi connectivity index (χ0) is 15.5. The fraction of sp³-hybridized carbons (Fsp3) is 0.333. The molecule has 0 fully saturated rings. The molecule has 3 rings (SSSR count). The van der Waals surface area contributed by atoms with E-state index in [1.165, 1.54) is 7.11 Å². The molecular weight excluding hydrogens is 280 g/mol. The maximum absolute atomic E-state index is 12.6. The van der Waals surface area contributed by atoms with Crippen LogP contribution in [0.5, 0.6) is 0 Å². The van der Waals surface area contributed by atoms with Crippen LogP contribution in [0.4, 0.5) is 0 Å². The van der Waals surface area contributed by atoms with Crippen LogP contribution in [0.15, 0.2) is 53.8 Å². The van der Waals surface area contributed by atoms with Crippen molar-refractivity contribution in [3.63, 3.8) is 0 Å². The van der Waals surface area contributed by atoms with Crippen LogP contribution < -0.4 is 0 Å². The number of benzene rings is 1. The van der Waals surface area contributed by atoms with Gasteiger partial charge in [0.25, 0.3) is 0 Å². The van der Waals surface area contributed by atoms with Crippen LogP contribution >= 0.6 is 0 Å². The molecule has 2 aliphatic rings. The Morgan fingerprint density at radius 1 is 1.32 bits per heavy atom. The van der Waals surface area contributed by atoms with E-state index in [2.05, 4.69) is 0 Å². The first-order valence-corrected chi connectivity index (χ1v) is 7.41. The molecule has 1 aliphatic carbocycles. The predicted octanol–water partition coefficient (Wildman–Crippen LogP) is 3.11. The van der Waals surface area contributed by atoms with Crippen LogP contribution in [-0.4, -0.2) is 18.9 Å². The molecule has 2 unspecified atom stereocenters. The number of carbonyl (C=O) groups is 2. The number of rotatable bonds is 3. The number of ether oxygens (including phenoxy) is 2. The van der Waals surface area contributed by atoms with Crippen molar-refractivity contribution in [1.82, 2.24) is 0 Å². The fourth-order valence-electron chi connectivity index (χ4n) is 3.01. The molecule has 0 spiro atoms. The number of allylic oxidation sites excluding steroid dienone is 3. The summed E-state index contributed by atoms with van der Waals surface area (Å²) >= 11 is 0. The summed E-state index contributed by atoms with van der Waals surface area (Å²) in [6, 6.07) is 9.73. The number of Topliss-reactive ketones (excluding diaryl/α,β-unsaturated/α-hetero) is 1. The smallest absolute Gasteiger partial charge is 0.306 e. The van der Waals surface area contributed by atoms with Crippen molar-refractivity contribution in [2.75, 3.05) is 7.11 Å². The molecule has 0 radical (unpaired) electrons. The highest BCUT2D eigenvalue weighted by Gasteiger charge is 2.35. The average Bonchev–Trinajstić information content (AvgIpc) is 2.55. The minimum atomic E-state index is -0.301. The van der Waals surface area contributed by atoms with Crippen molar-refractivity contribution in [2.24, 2.45) is 5.92 Å². The Bertz CT molecular complexity index is 642. The molecule has 2 atom stereocenters. The molecule has 0 N–H and O–H groups in total. The number of esters is 1. The predicted molar refractivity (Wildman–Crippen MR) is 80.8 cm³/mol. The molecule has 22 heavy (non-hydrogen) atoms. The van der Waals surface area contributed by atoms with Gasteiger partial charge in [0.2, 0.25) is 0 Å². The largest absolute Gasteiger partial charge is 0.485 e. The molecule has 4 nitrogen and oxygen atoms in total. The Labute approximate surface area is 129 Å². The van der Waals surface area contributed by atoms with Gasteiger partial charge in [0.15, 0.2) is 5.78 Å². The molecule has 1 heterocycles. The lowest BCUT2D eigenvalue weighted by Crippen LogP contribution is -2.27. The zero-order valence-corrected chi connectivity index (χ0v) is 12.5. The van der Waals surface area contributed by atoms with Gasteiger partial charge in [-0.15, -0.1) is 0 Å². The van der Waals surface area contributed by atoms with E-state index < -0.39 is 0 Å². The van der Waals surface area contributed by atoms with E-state index in [-0.39, 0.29) is 30.2 Å². The van der Waals surface area contributed by atoms with Gasteiger partial charge in [-0.25, -0.2) is 0 Å². The molecule has 1 aliphatic heterocycles. The quantitative estimate of drug-likeness (QED) is 0.805. The van der Waals surface area contributed by atoms with Crippen molar-refractivity contribution in [2.45, 2.75) is 25.4 Å². The molecule has 0 aromatic heterocycles. The molecule has 4 heteroatoms. The molecular formula is C18H18O4. The third-order valence-corrected chi connectivity index (χ3v) is 4.12. The highest BCUT2D eigenvalue weighted by Crippen LogP contribution is 2.39. The Balaban J connectivity index is 1.85. The highest BCUT2D eigenvalue weighted by atomic mass is 16.5. The van der Waals surface area contributed by atoms with Gasteiger partial charge in [-0.2, -0.15) is 0 Å².